The third-order valence-corrected chi connectivity index (χ3v) is 24.1. The van der Waals surface area contributed by atoms with Gasteiger partial charge in [-0.3, -0.25) is 82.1 Å². The van der Waals surface area contributed by atoms with Crippen molar-refractivity contribution in [3.05, 3.63) is 120 Å². The highest BCUT2D eigenvalue weighted by atomic mass is 33.1. The quantitative estimate of drug-likeness (QED) is 0.0104. The van der Waals surface area contributed by atoms with Crippen molar-refractivity contribution in [3.63, 3.8) is 0 Å². The van der Waals surface area contributed by atoms with Crippen LogP contribution in [0.25, 0.3) is 21.8 Å². The molecule has 6 aromatic rings. The fourth-order valence-corrected chi connectivity index (χ4v) is 16.5. The molecule has 1 aliphatic rings. The van der Waals surface area contributed by atoms with Gasteiger partial charge in [0.2, 0.25) is 88.6 Å². The highest BCUT2D eigenvalue weighted by molar-refractivity contribution is 8.76. The lowest BCUT2D eigenvalue weighted by molar-refractivity contribution is -0.142. The summed E-state index contributed by atoms with van der Waals surface area (Å²) in [7, 11) is 5.95. The number of primary amides is 2. The van der Waals surface area contributed by atoms with E-state index < -0.39 is 234 Å². The van der Waals surface area contributed by atoms with E-state index in [4.69, 9.17) is 28.3 Å². The Morgan fingerprint density at radius 3 is 1.86 bits per heavy atom. The number of para-hydroxylation sites is 2. The Kier molecular flexibility index (Phi) is 38.1. The summed E-state index contributed by atoms with van der Waals surface area (Å²) in [5.74, 6) is -20.1. The number of phenols is 1. The van der Waals surface area contributed by atoms with Crippen molar-refractivity contribution in [1.29, 1.82) is 5.41 Å². The molecule has 1 fully saturated rings. The number of carboxylic acids is 1. The van der Waals surface area contributed by atoms with Crippen LogP contribution in [0.2, 0.25) is 0 Å². The van der Waals surface area contributed by atoms with Gasteiger partial charge in [-0.25, -0.2) is 4.98 Å². The summed E-state index contributed by atoms with van der Waals surface area (Å²) >= 11 is 0. The number of hydrogen-bond donors (Lipinski definition) is 21. The predicted octanol–water partition coefficient (Wildman–Crippen LogP) is -2.04. The molecule has 41 nitrogen and oxygen atoms in total. The van der Waals surface area contributed by atoms with Gasteiger partial charge in [0.25, 0.3) is 0 Å². The van der Waals surface area contributed by atoms with Crippen molar-refractivity contribution in [1.82, 2.24) is 93.1 Å². The SMILES string of the molecule is CC[C@H](C)[C@H](NC(=O)[C@H](N)Cc1ccc(O)cc1)C(=O)NC1CSSCC(C(=O)N(C)[C@H](C(N)=O)[C@@H](C)CC)NC(=O)[C@H](CCCNC(=N)N)NC(=O)C(Cc2cnc[nH]2)NC(=O)[C@H](C)NC(=O)CN(C)C(=O)[C@H](Cc2c[nH]c3ccccc23)NC(=O)[C@H](CC(=O)O)NC(=O)C(CCC(N)=O)NC(=O)[C@H](Cc2cn(C)c3ccccc23)NC(=O)C(C(C)C)NC1=O. The van der Waals surface area contributed by atoms with Crippen molar-refractivity contribution in [2.24, 2.45) is 47.7 Å². The molecule has 7 rings (SSSR count). The first-order valence-electron chi connectivity index (χ1n) is 41.2. The molecule has 1 saturated heterocycles. The summed E-state index contributed by atoms with van der Waals surface area (Å²) < 4.78 is 1.75. The highest BCUT2D eigenvalue weighted by Crippen LogP contribution is 2.28. The number of nitrogens with two attached hydrogens (primary N) is 4. The van der Waals surface area contributed by atoms with E-state index in [1.54, 1.807) is 126 Å². The second kappa shape index (κ2) is 47.9. The van der Waals surface area contributed by atoms with Gasteiger partial charge in [-0.05, 0) is 91.3 Å². The van der Waals surface area contributed by atoms with Gasteiger partial charge < -0.3 is 121 Å². The summed E-state index contributed by atoms with van der Waals surface area (Å²) in [6.07, 6.45) is 2.85. The number of likely N-dealkylation sites (N-methyl/N-ethyl adjacent to an activating group) is 2. The number of phenolic OH excluding ortho intramolecular Hbond substituents is 1. The number of nitrogens with zero attached hydrogens (tertiary/aromatic N) is 4. The van der Waals surface area contributed by atoms with Crippen LogP contribution in [-0.4, -0.2) is 257 Å². The van der Waals surface area contributed by atoms with Crippen molar-refractivity contribution in [3.8, 4) is 5.75 Å². The average molecular weight is 1790 g/mol. The number of aromatic nitrogens is 4. The number of nitrogens with one attached hydrogen (secondary N) is 15. The molecule has 684 valence electrons. The Hall–Kier alpha value is -12.8. The molecule has 0 saturated carbocycles. The number of H-pyrrole nitrogens is 2. The molecule has 5 unspecified atom stereocenters. The van der Waals surface area contributed by atoms with E-state index in [1.807, 2.05) is 0 Å². The number of aryl methyl sites for hydroxylation is 1. The van der Waals surface area contributed by atoms with Crippen molar-refractivity contribution < 1.29 is 86.9 Å². The normalized spacial score (nSPS) is 21.9. The van der Waals surface area contributed by atoms with E-state index >= 15 is 28.8 Å². The maximum Gasteiger partial charge on any atom is 0.305 e. The molecule has 1 aliphatic heterocycles. The number of aromatic hydroxyl groups is 1. The smallest absolute Gasteiger partial charge is 0.305 e. The molecule has 4 heterocycles. The fraction of sp³-hybridized carbons (Fsp3) is 0.494. The Morgan fingerprint density at radius 2 is 1.23 bits per heavy atom. The Labute approximate surface area is 735 Å². The van der Waals surface area contributed by atoms with Crippen LogP contribution in [0.15, 0.2) is 97.7 Å². The minimum atomic E-state index is -2.07. The first kappa shape index (κ1) is 100. The summed E-state index contributed by atoms with van der Waals surface area (Å²) in [4.78, 5) is 245. The molecule has 15 atom stereocenters. The van der Waals surface area contributed by atoms with Crippen LogP contribution in [0.5, 0.6) is 5.75 Å². The lowest BCUT2D eigenvalue weighted by Gasteiger charge is -2.33. The molecule has 15 amide bonds. The minimum absolute atomic E-state index is 0.0137. The maximum atomic E-state index is 15.5. The first-order chi connectivity index (χ1) is 59.7. The molecule has 126 heavy (non-hydrogen) atoms. The van der Waals surface area contributed by atoms with Crippen LogP contribution < -0.4 is 86.7 Å². The lowest BCUT2D eigenvalue weighted by Crippen LogP contribution is -2.62. The number of amides is 15. The van der Waals surface area contributed by atoms with Gasteiger partial charge in [-0.2, -0.15) is 0 Å². The van der Waals surface area contributed by atoms with Gasteiger partial charge in [0.05, 0.1) is 25.3 Å². The molecular weight excluding hydrogens is 1670 g/mol. The van der Waals surface area contributed by atoms with E-state index in [0.29, 0.717) is 44.9 Å². The van der Waals surface area contributed by atoms with Crippen LogP contribution in [0, 0.1) is 23.2 Å². The average Bonchev–Trinajstić information content (AvgIpc) is 1.65. The Balaban J connectivity index is 1.36. The summed E-state index contributed by atoms with van der Waals surface area (Å²) in [5.41, 5.74) is 26.7. The van der Waals surface area contributed by atoms with E-state index in [1.165, 1.54) is 45.7 Å². The van der Waals surface area contributed by atoms with Gasteiger partial charge in [-0.1, -0.05) is 125 Å². The first-order valence-corrected chi connectivity index (χ1v) is 43.7. The highest BCUT2D eigenvalue weighted by Gasteiger charge is 2.41. The molecule has 0 bridgehead atoms. The lowest BCUT2D eigenvalue weighted by atomic mass is 9.97. The number of aliphatic carboxylic acids is 1. The number of hydrogen-bond acceptors (Lipinski definition) is 22. The summed E-state index contributed by atoms with van der Waals surface area (Å²) in [6.45, 7) is 10.3. The number of rotatable bonds is 29. The molecule has 43 heteroatoms. The predicted molar refractivity (Wildman–Crippen MR) is 470 cm³/mol. The summed E-state index contributed by atoms with van der Waals surface area (Å²) in [6, 6.07) is -1.05. The number of imidazole rings is 1. The number of carbonyl (C=O) groups excluding carboxylic acids is 15. The number of fused-ring (bicyclic) bond motifs is 2. The van der Waals surface area contributed by atoms with Gasteiger partial charge in [-0.15, -0.1) is 0 Å². The second-order valence-corrected chi connectivity index (χ2v) is 34.3. The van der Waals surface area contributed by atoms with Gasteiger partial charge in [0, 0.05) is 111 Å². The van der Waals surface area contributed by atoms with Gasteiger partial charge >= 0.3 is 5.97 Å². The molecular formula is C83H117N23O18S2. The van der Waals surface area contributed by atoms with Crippen LogP contribution in [-0.2, 0) is 109 Å². The zero-order chi connectivity index (χ0) is 92.9. The van der Waals surface area contributed by atoms with Crippen molar-refractivity contribution in [2.75, 3.05) is 38.7 Å². The zero-order valence-corrected chi connectivity index (χ0v) is 73.6. The molecule has 25 N–H and O–H groups in total. The number of carbonyl (C=O) groups is 16. The van der Waals surface area contributed by atoms with Gasteiger partial charge in [0.1, 0.15) is 78.3 Å². The maximum absolute atomic E-state index is 15.5. The van der Waals surface area contributed by atoms with Crippen molar-refractivity contribution in [2.45, 2.75) is 198 Å². The topological polar surface area (TPSA) is 642 Å². The Morgan fingerprint density at radius 1 is 0.651 bits per heavy atom. The zero-order valence-electron chi connectivity index (χ0n) is 71.9. The minimum Gasteiger partial charge on any atom is -0.508 e. The van der Waals surface area contributed by atoms with Crippen LogP contribution in [0.3, 0.4) is 0 Å². The molecule has 3 aromatic heterocycles. The molecule has 0 aliphatic carbocycles. The van der Waals surface area contributed by atoms with E-state index in [-0.39, 0.29) is 62.9 Å². The van der Waals surface area contributed by atoms with E-state index in [9.17, 15) is 58.2 Å². The van der Waals surface area contributed by atoms with Gasteiger partial charge in [0.15, 0.2) is 5.96 Å². The number of benzene rings is 3. The molecule has 0 spiro atoms. The Bertz CT molecular complexity index is 4870. The van der Waals surface area contributed by atoms with E-state index in [0.717, 1.165) is 31.4 Å². The standard InChI is InChI=1S/C83H117N23O18S2/c1-11-43(5)68(103-72(114)53(84)30-46-23-25-50(107)26-24-46)80(122)100-61-39-125-126-40-62(82(124)106(10)69(70(86)112)44(6)12-2)101-73(115)55(21-17-29-90-83(87)88)94-76(118)58(33-49-36-89-41-92-49)96-71(113)45(7)93-65(109)38-105(9)81(123)60(31-47-35-91-54-20-15-13-18-51(47)54)99-77(119)59(34-66(110)111)97-74(116)56(27-28-64(85)108)95-75(117)57(98-79(121)67(42(3)4)102-78(61)120)32-48-37-104(8)63-22-16-14-19-52(48)63/h13-16,18-20,22-26,35-37,41-45,53,55-62,67-69,91,107H,11-12,17,21,27-34,38-40,84H2,1-10H3,(H2,85,108)(H2,86,112)(H,89,92)(H,93,109)(H,94,118)(H,95,117)(H,96,113)(H,97,116)(H,98,121)(H,99,119)(H,100,122)(H,101,115)(H,102,120)(H,103,114)(H,110,111)(H4,87,88,90)/t43-,44-,45-,53+,55-,56?,57-,58?,59-,60-,61?,62?,67?,68-,69-/m0/s1. The van der Waals surface area contributed by atoms with E-state index in [2.05, 4.69) is 78.8 Å². The van der Waals surface area contributed by atoms with Crippen LogP contribution in [0.4, 0.5) is 0 Å². The van der Waals surface area contributed by atoms with Crippen LogP contribution in [0.1, 0.15) is 116 Å². The second-order valence-electron chi connectivity index (χ2n) is 31.7. The largest absolute Gasteiger partial charge is 0.508 e. The fourth-order valence-electron chi connectivity index (χ4n) is 14.2. The van der Waals surface area contributed by atoms with Crippen LogP contribution >= 0.6 is 21.6 Å². The molecule has 0 radical (unpaired) electrons. The molecule has 3 aromatic carbocycles. The number of aromatic amines is 2. The monoisotopic (exact) mass is 1790 g/mol. The number of guanidine groups is 1. The van der Waals surface area contributed by atoms with Crippen molar-refractivity contribution >= 4 is 144 Å². The third-order valence-electron chi connectivity index (χ3n) is 21.6. The summed E-state index contributed by atoms with van der Waals surface area (Å²) in [5, 5.41) is 60.8. The number of carboxylic acid groups (broad SMARTS) is 1. The third kappa shape index (κ3) is 29.4.